The Morgan fingerprint density at radius 2 is 2.00 bits per heavy atom. The first kappa shape index (κ1) is 16.9. The van der Waals surface area contributed by atoms with E-state index in [4.69, 9.17) is 8.83 Å². The molecule has 1 N–H and O–H groups in total. The maximum atomic E-state index is 12.6. The van der Waals surface area contributed by atoms with Crippen molar-refractivity contribution in [2.24, 2.45) is 5.92 Å². The van der Waals surface area contributed by atoms with E-state index in [-0.39, 0.29) is 5.56 Å². The highest BCUT2D eigenvalue weighted by molar-refractivity contribution is 5.77. The SMILES string of the molecule is O=c1ccc(-c2ccco2)c2n1C[C@H]1C[C@@H]2C[NH+](Cc2cc3ccccc3o2)C1. The molecule has 0 amide bonds. The summed E-state index contributed by atoms with van der Waals surface area (Å²) in [5, 5.41) is 1.16. The summed E-state index contributed by atoms with van der Waals surface area (Å²) < 4.78 is 13.7. The van der Waals surface area contributed by atoms with Crippen molar-refractivity contribution >= 4 is 11.0 Å². The molecule has 5 nitrogen and oxygen atoms in total. The van der Waals surface area contributed by atoms with Crippen molar-refractivity contribution in [3.63, 3.8) is 0 Å². The fourth-order valence-electron chi connectivity index (χ4n) is 5.39. The molecule has 5 heterocycles. The summed E-state index contributed by atoms with van der Waals surface area (Å²) in [6, 6.07) is 17.8. The average molecular weight is 387 g/mol. The molecule has 6 rings (SSSR count). The Morgan fingerprint density at radius 3 is 2.86 bits per heavy atom. The third-order valence-electron chi connectivity index (χ3n) is 6.47. The Bertz CT molecular complexity index is 1200. The van der Waals surface area contributed by atoms with Gasteiger partial charge in [-0.25, -0.2) is 0 Å². The molecule has 2 bridgehead atoms. The van der Waals surface area contributed by atoms with E-state index >= 15 is 0 Å². The second kappa shape index (κ2) is 6.49. The third-order valence-corrected chi connectivity index (χ3v) is 6.47. The van der Waals surface area contributed by atoms with Crippen LogP contribution in [0.2, 0.25) is 0 Å². The highest BCUT2D eigenvalue weighted by atomic mass is 16.3. The summed E-state index contributed by atoms with van der Waals surface area (Å²) in [4.78, 5) is 14.1. The maximum Gasteiger partial charge on any atom is 0.250 e. The Kier molecular flexibility index (Phi) is 3.78. The van der Waals surface area contributed by atoms with Crippen LogP contribution in [0.5, 0.6) is 0 Å². The van der Waals surface area contributed by atoms with Gasteiger partial charge in [0.2, 0.25) is 0 Å². The van der Waals surface area contributed by atoms with Crippen LogP contribution in [0.25, 0.3) is 22.3 Å². The van der Waals surface area contributed by atoms with E-state index in [0.29, 0.717) is 11.8 Å². The molecule has 3 atom stereocenters. The fourth-order valence-corrected chi connectivity index (χ4v) is 5.39. The second-order valence-corrected chi connectivity index (χ2v) is 8.44. The van der Waals surface area contributed by atoms with Crippen molar-refractivity contribution in [3.8, 4) is 11.3 Å². The number of hydrogen-bond acceptors (Lipinski definition) is 3. The van der Waals surface area contributed by atoms with Crippen molar-refractivity contribution < 1.29 is 13.7 Å². The zero-order valence-corrected chi connectivity index (χ0v) is 16.1. The molecule has 0 spiro atoms. The van der Waals surface area contributed by atoms with Crippen molar-refractivity contribution in [3.05, 3.63) is 82.7 Å². The lowest BCUT2D eigenvalue weighted by Crippen LogP contribution is -3.13. The quantitative estimate of drug-likeness (QED) is 0.588. The zero-order chi connectivity index (χ0) is 19.4. The number of pyridine rings is 1. The van der Waals surface area contributed by atoms with E-state index in [1.807, 2.05) is 41.0 Å². The number of nitrogens with zero attached hydrogens (tertiary/aromatic N) is 1. The minimum Gasteiger partial charge on any atom is -0.464 e. The van der Waals surface area contributed by atoms with Crippen LogP contribution in [0.15, 0.2) is 74.5 Å². The van der Waals surface area contributed by atoms with Crippen molar-refractivity contribution in [1.29, 1.82) is 0 Å². The monoisotopic (exact) mass is 387 g/mol. The van der Waals surface area contributed by atoms with Crippen LogP contribution in [-0.2, 0) is 13.1 Å². The number of furan rings is 2. The van der Waals surface area contributed by atoms with E-state index in [1.54, 1.807) is 12.3 Å². The molecule has 4 aromatic rings. The Hall–Kier alpha value is -3.05. The van der Waals surface area contributed by atoms with Crippen molar-refractivity contribution in [2.45, 2.75) is 25.4 Å². The van der Waals surface area contributed by atoms with Gasteiger partial charge in [0.1, 0.15) is 17.9 Å². The van der Waals surface area contributed by atoms with Gasteiger partial charge in [0.25, 0.3) is 5.56 Å². The van der Waals surface area contributed by atoms with Crippen molar-refractivity contribution in [2.75, 3.05) is 13.1 Å². The topological polar surface area (TPSA) is 52.7 Å². The van der Waals surface area contributed by atoms with Gasteiger partial charge in [-0.1, -0.05) is 18.2 Å². The number of nitrogens with one attached hydrogen (secondary N) is 1. The predicted molar refractivity (Wildman–Crippen MR) is 110 cm³/mol. The second-order valence-electron chi connectivity index (χ2n) is 8.44. The molecule has 0 saturated carbocycles. The maximum absolute atomic E-state index is 12.6. The number of hydrogen-bond donors (Lipinski definition) is 1. The molecular weight excluding hydrogens is 364 g/mol. The van der Waals surface area contributed by atoms with Crippen LogP contribution in [0.4, 0.5) is 0 Å². The van der Waals surface area contributed by atoms with E-state index in [9.17, 15) is 4.79 Å². The Morgan fingerprint density at radius 1 is 1.07 bits per heavy atom. The van der Waals surface area contributed by atoms with Crippen LogP contribution in [-0.4, -0.2) is 17.7 Å². The van der Waals surface area contributed by atoms with Gasteiger partial charge >= 0.3 is 0 Å². The minimum absolute atomic E-state index is 0.103. The summed E-state index contributed by atoms with van der Waals surface area (Å²) in [5.41, 5.74) is 3.26. The van der Waals surface area contributed by atoms with Gasteiger partial charge in [0.15, 0.2) is 5.76 Å². The lowest BCUT2D eigenvalue weighted by Gasteiger charge is -2.40. The van der Waals surface area contributed by atoms with E-state index in [0.717, 1.165) is 66.3 Å². The Balaban J connectivity index is 1.34. The molecule has 1 fully saturated rings. The Labute approximate surface area is 168 Å². The van der Waals surface area contributed by atoms with Gasteiger partial charge in [0, 0.05) is 41.1 Å². The molecule has 0 radical (unpaired) electrons. The van der Waals surface area contributed by atoms with Crippen LogP contribution in [0, 0.1) is 5.92 Å². The van der Waals surface area contributed by atoms with Crippen LogP contribution < -0.4 is 10.5 Å². The number of fused-ring (bicyclic) bond motifs is 5. The van der Waals surface area contributed by atoms with Gasteiger partial charge in [-0.15, -0.1) is 0 Å². The number of benzene rings is 1. The summed E-state index contributed by atoms with van der Waals surface area (Å²) in [7, 11) is 0. The van der Waals surface area contributed by atoms with E-state index in [2.05, 4.69) is 12.1 Å². The summed E-state index contributed by atoms with van der Waals surface area (Å²) in [5.74, 6) is 2.76. The van der Waals surface area contributed by atoms with Crippen LogP contribution in [0.3, 0.4) is 0 Å². The highest BCUT2D eigenvalue weighted by Gasteiger charge is 2.39. The highest BCUT2D eigenvalue weighted by Crippen LogP contribution is 2.37. The van der Waals surface area contributed by atoms with Gasteiger partial charge in [-0.2, -0.15) is 0 Å². The van der Waals surface area contributed by atoms with E-state index in [1.165, 1.54) is 4.90 Å². The van der Waals surface area contributed by atoms with Crippen LogP contribution >= 0.6 is 0 Å². The zero-order valence-electron chi connectivity index (χ0n) is 16.1. The number of para-hydroxylation sites is 1. The molecule has 3 aromatic heterocycles. The average Bonchev–Trinajstić information content (AvgIpc) is 3.38. The van der Waals surface area contributed by atoms with E-state index < -0.39 is 0 Å². The van der Waals surface area contributed by atoms with Gasteiger partial charge < -0.3 is 18.3 Å². The number of piperidine rings is 1. The normalized spacial score (nSPS) is 23.2. The molecule has 5 heteroatoms. The standard InChI is InChI=1S/C24H22N2O3/c27-23-8-7-20(22-6-3-9-28-22)24-18-10-16(13-26(23)24)12-25(14-18)15-19-11-17-4-1-2-5-21(17)29-19/h1-9,11,16,18H,10,12-15H2/p+1/t16-,18+/m0/s1. The van der Waals surface area contributed by atoms with Crippen LogP contribution in [0.1, 0.15) is 23.8 Å². The molecule has 1 saturated heterocycles. The smallest absolute Gasteiger partial charge is 0.250 e. The van der Waals surface area contributed by atoms with Gasteiger partial charge in [0.05, 0.1) is 19.4 Å². The van der Waals surface area contributed by atoms with Gasteiger partial charge in [-0.3, -0.25) is 4.79 Å². The molecule has 146 valence electrons. The first-order chi connectivity index (χ1) is 14.2. The molecule has 1 aromatic carbocycles. The molecule has 2 aliphatic rings. The lowest BCUT2D eigenvalue weighted by atomic mass is 9.81. The minimum atomic E-state index is 0.103. The summed E-state index contributed by atoms with van der Waals surface area (Å²) >= 11 is 0. The first-order valence-electron chi connectivity index (χ1n) is 10.3. The van der Waals surface area contributed by atoms with Crippen molar-refractivity contribution in [1.82, 2.24) is 4.57 Å². The summed E-state index contributed by atoms with van der Waals surface area (Å²) in [6.07, 6.45) is 2.84. The number of likely N-dealkylation sites (tertiary alicyclic amines) is 1. The predicted octanol–water partition coefficient (Wildman–Crippen LogP) is 3.06. The molecule has 1 unspecified atom stereocenters. The third kappa shape index (κ3) is 2.85. The molecule has 2 aliphatic heterocycles. The number of aromatic nitrogens is 1. The lowest BCUT2D eigenvalue weighted by molar-refractivity contribution is -0.925. The molecule has 0 aliphatic carbocycles. The summed E-state index contributed by atoms with van der Waals surface area (Å²) in [6.45, 7) is 3.76. The fraction of sp³-hybridized carbons (Fsp3) is 0.292. The van der Waals surface area contributed by atoms with Gasteiger partial charge in [-0.05, 0) is 36.8 Å². The largest absolute Gasteiger partial charge is 0.464 e. The molecule has 29 heavy (non-hydrogen) atoms. The first-order valence-corrected chi connectivity index (χ1v) is 10.3. The number of quaternary nitrogens is 1. The number of rotatable bonds is 3. The molecular formula is C24H23N2O3+.